The molecule has 0 N–H and O–H groups in total. The Kier molecular flexibility index (Phi) is 4.15. The van der Waals surface area contributed by atoms with Crippen LogP contribution in [0.5, 0.6) is 5.88 Å². The standard InChI is InChI=1S/C13H15F3N2O2/c1-2-12(19)18-6-4-10(8-18)20-11-7-9(3-5-17-11)13(14,15)16/h3,5,7,10H,2,4,6,8H2,1H3. The number of nitrogens with zero attached hydrogens (tertiary/aromatic N) is 2. The summed E-state index contributed by atoms with van der Waals surface area (Å²) < 4.78 is 43.1. The Morgan fingerprint density at radius 3 is 2.95 bits per heavy atom. The lowest BCUT2D eigenvalue weighted by molar-refractivity contribution is -0.137. The average molecular weight is 288 g/mol. The molecule has 0 bridgehead atoms. The van der Waals surface area contributed by atoms with Gasteiger partial charge in [0.25, 0.3) is 0 Å². The van der Waals surface area contributed by atoms with E-state index in [2.05, 4.69) is 4.98 Å². The zero-order valence-electron chi connectivity index (χ0n) is 11.0. The number of likely N-dealkylation sites (tertiary alicyclic amines) is 1. The molecular formula is C13H15F3N2O2. The van der Waals surface area contributed by atoms with Gasteiger partial charge in [0.05, 0.1) is 12.1 Å². The summed E-state index contributed by atoms with van der Waals surface area (Å²) in [6, 6.07) is 1.78. The van der Waals surface area contributed by atoms with E-state index < -0.39 is 11.7 Å². The summed E-state index contributed by atoms with van der Waals surface area (Å²) >= 11 is 0. The van der Waals surface area contributed by atoms with Gasteiger partial charge in [0.1, 0.15) is 6.10 Å². The van der Waals surface area contributed by atoms with Crippen LogP contribution in [-0.2, 0) is 11.0 Å². The number of carbonyl (C=O) groups is 1. The van der Waals surface area contributed by atoms with Gasteiger partial charge in [-0.3, -0.25) is 4.79 Å². The Bertz CT molecular complexity index is 491. The molecule has 2 rings (SSSR count). The van der Waals surface area contributed by atoms with Gasteiger partial charge in [-0.25, -0.2) is 4.98 Å². The number of amides is 1. The van der Waals surface area contributed by atoms with Crippen molar-refractivity contribution < 1.29 is 22.7 Å². The summed E-state index contributed by atoms with van der Waals surface area (Å²) in [6.45, 7) is 2.73. The Balaban J connectivity index is 2.00. The highest BCUT2D eigenvalue weighted by atomic mass is 19.4. The van der Waals surface area contributed by atoms with E-state index in [0.29, 0.717) is 25.9 Å². The monoisotopic (exact) mass is 288 g/mol. The summed E-state index contributed by atoms with van der Waals surface area (Å²) in [5.41, 5.74) is -0.790. The first-order valence-corrected chi connectivity index (χ1v) is 6.38. The molecule has 1 amide bonds. The van der Waals surface area contributed by atoms with Crippen molar-refractivity contribution in [3.8, 4) is 5.88 Å². The van der Waals surface area contributed by atoms with Crippen molar-refractivity contribution in [1.82, 2.24) is 9.88 Å². The quantitative estimate of drug-likeness (QED) is 0.858. The number of pyridine rings is 1. The molecule has 1 fully saturated rings. The van der Waals surface area contributed by atoms with E-state index in [9.17, 15) is 18.0 Å². The number of hydrogen-bond acceptors (Lipinski definition) is 3. The number of ether oxygens (including phenoxy) is 1. The minimum absolute atomic E-state index is 0.0214. The van der Waals surface area contributed by atoms with Gasteiger partial charge in [0.2, 0.25) is 11.8 Å². The normalized spacial score (nSPS) is 19.2. The Hall–Kier alpha value is -1.79. The molecule has 1 aliphatic rings. The minimum atomic E-state index is -4.42. The molecule has 0 radical (unpaired) electrons. The fourth-order valence-electron chi connectivity index (χ4n) is 2.10. The van der Waals surface area contributed by atoms with Crippen molar-refractivity contribution in [3.63, 3.8) is 0 Å². The van der Waals surface area contributed by atoms with Gasteiger partial charge in [0, 0.05) is 31.6 Å². The molecule has 1 unspecified atom stereocenters. The van der Waals surface area contributed by atoms with Crippen molar-refractivity contribution in [2.24, 2.45) is 0 Å². The van der Waals surface area contributed by atoms with Crippen LogP contribution in [0.4, 0.5) is 13.2 Å². The first kappa shape index (κ1) is 14.6. The van der Waals surface area contributed by atoms with E-state index in [1.165, 1.54) is 0 Å². The fourth-order valence-corrected chi connectivity index (χ4v) is 2.10. The van der Waals surface area contributed by atoms with Gasteiger partial charge < -0.3 is 9.64 Å². The number of aromatic nitrogens is 1. The maximum absolute atomic E-state index is 12.6. The lowest BCUT2D eigenvalue weighted by atomic mass is 10.2. The third-order valence-corrected chi connectivity index (χ3v) is 3.15. The topological polar surface area (TPSA) is 42.4 Å². The Morgan fingerprint density at radius 2 is 2.30 bits per heavy atom. The second-order valence-corrected chi connectivity index (χ2v) is 4.60. The molecule has 4 nitrogen and oxygen atoms in total. The Labute approximate surface area is 114 Å². The molecule has 0 aromatic carbocycles. The van der Waals surface area contributed by atoms with Crippen LogP contribution >= 0.6 is 0 Å². The second-order valence-electron chi connectivity index (χ2n) is 4.60. The molecule has 1 aliphatic heterocycles. The first-order valence-electron chi connectivity index (χ1n) is 6.38. The summed E-state index contributed by atoms with van der Waals surface area (Å²) in [6.07, 6.45) is -2.64. The van der Waals surface area contributed by atoms with Crippen LogP contribution in [0, 0.1) is 0 Å². The average Bonchev–Trinajstić information content (AvgIpc) is 2.85. The molecule has 7 heteroatoms. The highest BCUT2D eigenvalue weighted by molar-refractivity contribution is 5.76. The van der Waals surface area contributed by atoms with Crippen LogP contribution in [0.3, 0.4) is 0 Å². The third kappa shape index (κ3) is 3.40. The van der Waals surface area contributed by atoms with E-state index >= 15 is 0 Å². The zero-order valence-corrected chi connectivity index (χ0v) is 11.0. The molecule has 110 valence electrons. The van der Waals surface area contributed by atoms with Gasteiger partial charge >= 0.3 is 6.18 Å². The van der Waals surface area contributed by atoms with E-state index in [4.69, 9.17) is 4.74 Å². The van der Waals surface area contributed by atoms with Gasteiger partial charge in [-0.1, -0.05) is 6.92 Å². The maximum atomic E-state index is 12.6. The molecule has 0 saturated carbocycles. The number of hydrogen-bond donors (Lipinski definition) is 0. The minimum Gasteiger partial charge on any atom is -0.472 e. The summed E-state index contributed by atoms with van der Waals surface area (Å²) in [5, 5.41) is 0. The molecule has 1 aromatic heterocycles. The molecule has 1 aromatic rings. The number of rotatable bonds is 3. The zero-order chi connectivity index (χ0) is 14.8. The third-order valence-electron chi connectivity index (χ3n) is 3.15. The molecule has 1 atom stereocenters. The van der Waals surface area contributed by atoms with Crippen LogP contribution in [0.25, 0.3) is 0 Å². The molecule has 0 aliphatic carbocycles. The smallest absolute Gasteiger partial charge is 0.416 e. The van der Waals surface area contributed by atoms with Gasteiger partial charge in [-0.05, 0) is 6.07 Å². The molecular weight excluding hydrogens is 273 g/mol. The van der Waals surface area contributed by atoms with Crippen molar-refractivity contribution >= 4 is 5.91 Å². The van der Waals surface area contributed by atoms with Crippen LogP contribution in [0.15, 0.2) is 18.3 Å². The molecule has 2 heterocycles. The van der Waals surface area contributed by atoms with Crippen LogP contribution in [0.2, 0.25) is 0 Å². The predicted molar refractivity (Wildman–Crippen MR) is 65.1 cm³/mol. The molecule has 20 heavy (non-hydrogen) atoms. The highest BCUT2D eigenvalue weighted by Gasteiger charge is 2.32. The van der Waals surface area contributed by atoms with Crippen LogP contribution in [0.1, 0.15) is 25.3 Å². The van der Waals surface area contributed by atoms with Gasteiger partial charge in [-0.2, -0.15) is 13.2 Å². The Morgan fingerprint density at radius 1 is 1.55 bits per heavy atom. The van der Waals surface area contributed by atoms with Crippen molar-refractivity contribution in [1.29, 1.82) is 0 Å². The van der Waals surface area contributed by atoms with E-state index in [-0.39, 0.29) is 17.9 Å². The number of halogens is 3. The highest BCUT2D eigenvalue weighted by Crippen LogP contribution is 2.30. The van der Waals surface area contributed by atoms with Crippen molar-refractivity contribution in [2.75, 3.05) is 13.1 Å². The van der Waals surface area contributed by atoms with Gasteiger partial charge in [0.15, 0.2) is 0 Å². The predicted octanol–water partition coefficient (Wildman–Crippen LogP) is 2.49. The van der Waals surface area contributed by atoms with Crippen LogP contribution in [-0.4, -0.2) is 35.0 Å². The lowest BCUT2D eigenvalue weighted by Crippen LogP contribution is -2.30. The maximum Gasteiger partial charge on any atom is 0.416 e. The molecule has 1 saturated heterocycles. The van der Waals surface area contributed by atoms with Gasteiger partial charge in [-0.15, -0.1) is 0 Å². The summed E-state index contributed by atoms with van der Waals surface area (Å²) in [4.78, 5) is 16.9. The molecule has 0 spiro atoms. The second kappa shape index (κ2) is 5.68. The van der Waals surface area contributed by atoms with E-state index in [0.717, 1.165) is 18.3 Å². The van der Waals surface area contributed by atoms with Crippen molar-refractivity contribution in [2.45, 2.75) is 32.0 Å². The fraction of sp³-hybridized carbons (Fsp3) is 0.538. The largest absolute Gasteiger partial charge is 0.472 e. The SMILES string of the molecule is CCC(=O)N1CCC(Oc2cc(C(F)(F)F)ccn2)C1. The van der Waals surface area contributed by atoms with E-state index in [1.54, 1.807) is 11.8 Å². The number of carbonyl (C=O) groups excluding carboxylic acids is 1. The lowest BCUT2D eigenvalue weighted by Gasteiger charge is -2.16. The first-order chi connectivity index (χ1) is 9.40. The van der Waals surface area contributed by atoms with Crippen LogP contribution < -0.4 is 4.74 Å². The van der Waals surface area contributed by atoms with Crippen molar-refractivity contribution in [3.05, 3.63) is 23.9 Å². The summed E-state index contributed by atoms with van der Waals surface area (Å²) in [7, 11) is 0. The van der Waals surface area contributed by atoms with E-state index in [1.807, 2.05) is 0 Å². The summed E-state index contributed by atoms with van der Waals surface area (Å²) in [5.74, 6) is -0.0382. The number of alkyl halides is 3.